The van der Waals surface area contributed by atoms with Gasteiger partial charge < -0.3 is 9.88 Å². The Labute approximate surface area is 106 Å². The van der Waals surface area contributed by atoms with Gasteiger partial charge in [-0.2, -0.15) is 0 Å². The summed E-state index contributed by atoms with van der Waals surface area (Å²) in [4.78, 5) is 4.39. The number of hydrogen-bond donors (Lipinski definition) is 1. The molecule has 0 aliphatic heterocycles. The lowest BCUT2D eigenvalue weighted by molar-refractivity contribution is 0.218. The Balaban J connectivity index is 2.52. The average Bonchev–Trinajstić information content (AvgIpc) is 2.62. The van der Waals surface area contributed by atoms with E-state index in [1.54, 1.807) is 0 Å². The third kappa shape index (κ3) is 4.50. The summed E-state index contributed by atoms with van der Waals surface area (Å²) >= 11 is 0. The van der Waals surface area contributed by atoms with Crippen LogP contribution in [-0.2, 0) is 13.5 Å². The Kier molecular flexibility index (Phi) is 5.19. The normalized spacial score (nSPS) is 13.9. The van der Waals surface area contributed by atoms with Gasteiger partial charge in [0.15, 0.2) is 0 Å². The van der Waals surface area contributed by atoms with E-state index in [1.165, 1.54) is 12.2 Å². The van der Waals surface area contributed by atoms with Gasteiger partial charge in [0.2, 0.25) is 0 Å². The number of nitrogens with one attached hydrogen (secondary N) is 1. The maximum Gasteiger partial charge on any atom is 0.108 e. The Morgan fingerprint density at radius 1 is 1.41 bits per heavy atom. The minimum atomic E-state index is 0.354. The number of imidazole rings is 1. The first kappa shape index (κ1) is 14.2. The fraction of sp³-hybridized carbons (Fsp3) is 0.786. The number of aryl methyl sites for hydroxylation is 2. The van der Waals surface area contributed by atoms with Crippen molar-refractivity contribution in [1.82, 2.24) is 14.9 Å². The highest BCUT2D eigenvalue weighted by Crippen LogP contribution is 2.29. The molecule has 0 radical (unpaired) electrons. The summed E-state index contributed by atoms with van der Waals surface area (Å²) in [5.41, 5.74) is 0.354. The monoisotopic (exact) mass is 237 g/mol. The van der Waals surface area contributed by atoms with E-state index in [9.17, 15) is 0 Å². The second-order valence-electron chi connectivity index (χ2n) is 5.86. The first-order valence-electron chi connectivity index (χ1n) is 6.62. The Bertz CT molecular complexity index is 322. The van der Waals surface area contributed by atoms with Crippen molar-refractivity contribution in [1.29, 1.82) is 0 Å². The van der Waals surface area contributed by atoms with Crippen LogP contribution in [0, 0.1) is 11.3 Å². The van der Waals surface area contributed by atoms with Crippen LogP contribution in [0.3, 0.4) is 0 Å². The zero-order valence-corrected chi connectivity index (χ0v) is 12.0. The number of nitrogens with zero attached hydrogens (tertiary/aromatic N) is 2. The van der Waals surface area contributed by atoms with Gasteiger partial charge in [0.05, 0.1) is 0 Å². The van der Waals surface area contributed by atoms with Crippen molar-refractivity contribution >= 4 is 0 Å². The predicted octanol–water partition coefficient (Wildman–Crippen LogP) is 2.62. The Hall–Kier alpha value is -0.830. The summed E-state index contributed by atoms with van der Waals surface area (Å²) in [6.07, 6.45) is 6.16. The molecule has 1 unspecified atom stereocenters. The number of aromatic nitrogens is 2. The largest absolute Gasteiger partial charge is 0.338 e. The maximum absolute atomic E-state index is 4.39. The summed E-state index contributed by atoms with van der Waals surface area (Å²) < 4.78 is 2.12. The molecule has 0 saturated carbocycles. The minimum Gasteiger partial charge on any atom is -0.338 e. The van der Waals surface area contributed by atoms with Crippen molar-refractivity contribution in [2.75, 3.05) is 13.1 Å². The Morgan fingerprint density at radius 2 is 2.12 bits per heavy atom. The SMILES string of the molecule is CCNCC(CCc1nccn1C)C(C)(C)C. The molecule has 0 spiro atoms. The highest BCUT2D eigenvalue weighted by molar-refractivity contribution is 4.92. The third-order valence-corrected chi connectivity index (χ3v) is 3.50. The molecular formula is C14H27N3. The van der Waals surface area contributed by atoms with Crippen LogP contribution in [-0.4, -0.2) is 22.6 Å². The summed E-state index contributed by atoms with van der Waals surface area (Å²) in [5.74, 6) is 1.88. The summed E-state index contributed by atoms with van der Waals surface area (Å²) in [5, 5.41) is 3.47. The van der Waals surface area contributed by atoms with E-state index in [0.717, 1.165) is 19.5 Å². The summed E-state index contributed by atoms with van der Waals surface area (Å²) in [7, 11) is 2.07. The minimum absolute atomic E-state index is 0.354. The number of rotatable bonds is 6. The predicted molar refractivity (Wildman–Crippen MR) is 73.0 cm³/mol. The highest BCUT2D eigenvalue weighted by Gasteiger charge is 2.24. The first-order valence-corrected chi connectivity index (χ1v) is 6.62. The van der Waals surface area contributed by atoms with Crippen LogP contribution < -0.4 is 5.32 Å². The first-order chi connectivity index (χ1) is 7.95. The molecule has 0 amide bonds. The molecule has 1 atom stereocenters. The van der Waals surface area contributed by atoms with Gasteiger partial charge in [0.25, 0.3) is 0 Å². The molecule has 3 heteroatoms. The number of hydrogen-bond acceptors (Lipinski definition) is 2. The van der Waals surface area contributed by atoms with Crippen LogP contribution >= 0.6 is 0 Å². The smallest absolute Gasteiger partial charge is 0.108 e. The van der Waals surface area contributed by atoms with E-state index < -0.39 is 0 Å². The lowest BCUT2D eigenvalue weighted by atomic mass is 9.78. The molecule has 0 aromatic carbocycles. The molecule has 0 bridgehead atoms. The van der Waals surface area contributed by atoms with E-state index in [0.29, 0.717) is 11.3 Å². The zero-order valence-electron chi connectivity index (χ0n) is 12.0. The molecule has 0 fully saturated rings. The second-order valence-corrected chi connectivity index (χ2v) is 5.86. The van der Waals surface area contributed by atoms with Crippen LogP contribution in [0.1, 0.15) is 39.9 Å². The quantitative estimate of drug-likeness (QED) is 0.824. The molecule has 1 N–H and O–H groups in total. The zero-order chi connectivity index (χ0) is 12.9. The van der Waals surface area contributed by atoms with Gasteiger partial charge in [-0.05, 0) is 30.8 Å². The molecule has 1 rings (SSSR count). The molecule has 17 heavy (non-hydrogen) atoms. The van der Waals surface area contributed by atoms with Gasteiger partial charge >= 0.3 is 0 Å². The summed E-state index contributed by atoms with van der Waals surface area (Å²) in [6, 6.07) is 0. The summed E-state index contributed by atoms with van der Waals surface area (Å²) in [6.45, 7) is 11.3. The van der Waals surface area contributed by atoms with E-state index in [2.05, 4.69) is 49.6 Å². The molecule has 3 nitrogen and oxygen atoms in total. The lowest BCUT2D eigenvalue weighted by Crippen LogP contribution is -2.32. The van der Waals surface area contributed by atoms with Crippen molar-refractivity contribution in [3.63, 3.8) is 0 Å². The highest BCUT2D eigenvalue weighted by atomic mass is 15.0. The molecule has 0 aliphatic carbocycles. The van der Waals surface area contributed by atoms with E-state index in [4.69, 9.17) is 0 Å². The van der Waals surface area contributed by atoms with E-state index in [1.807, 2.05) is 12.4 Å². The van der Waals surface area contributed by atoms with Crippen molar-refractivity contribution in [3.05, 3.63) is 18.2 Å². The van der Waals surface area contributed by atoms with Gasteiger partial charge in [-0.15, -0.1) is 0 Å². The van der Waals surface area contributed by atoms with Crippen molar-refractivity contribution in [2.24, 2.45) is 18.4 Å². The van der Waals surface area contributed by atoms with Gasteiger partial charge in [-0.3, -0.25) is 0 Å². The van der Waals surface area contributed by atoms with Crippen molar-refractivity contribution < 1.29 is 0 Å². The lowest BCUT2D eigenvalue weighted by Gasteiger charge is -2.31. The van der Waals surface area contributed by atoms with Gasteiger partial charge in [0, 0.05) is 25.9 Å². The van der Waals surface area contributed by atoms with Crippen molar-refractivity contribution in [2.45, 2.75) is 40.5 Å². The average molecular weight is 237 g/mol. The van der Waals surface area contributed by atoms with Gasteiger partial charge in [-0.1, -0.05) is 27.7 Å². The molecule has 1 aromatic heterocycles. The standard InChI is InChI=1S/C14H27N3/c1-6-15-11-12(14(2,3)4)7-8-13-16-9-10-17(13)5/h9-10,12,15H,6-8,11H2,1-5H3. The van der Waals surface area contributed by atoms with E-state index >= 15 is 0 Å². The molecule has 0 aliphatic rings. The molecule has 0 saturated heterocycles. The van der Waals surface area contributed by atoms with E-state index in [-0.39, 0.29) is 0 Å². The Morgan fingerprint density at radius 3 is 2.59 bits per heavy atom. The van der Waals surface area contributed by atoms with Gasteiger partial charge in [0.1, 0.15) is 5.82 Å². The fourth-order valence-electron chi connectivity index (χ4n) is 2.10. The molecule has 1 aromatic rings. The fourth-order valence-corrected chi connectivity index (χ4v) is 2.10. The van der Waals surface area contributed by atoms with Crippen LogP contribution in [0.4, 0.5) is 0 Å². The maximum atomic E-state index is 4.39. The van der Waals surface area contributed by atoms with Crippen LogP contribution in [0.15, 0.2) is 12.4 Å². The topological polar surface area (TPSA) is 29.9 Å². The molecule has 1 heterocycles. The van der Waals surface area contributed by atoms with Gasteiger partial charge in [-0.25, -0.2) is 4.98 Å². The third-order valence-electron chi connectivity index (χ3n) is 3.50. The second kappa shape index (κ2) is 6.20. The van der Waals surface area contributed by atoms with Crippen LogP contribution in [0.25, 0.3) is 0 Å². The van der Waals surface area contributed by atoms with Crippen molar-refractivity contribution in [3.8, 4) is 0 Å². The molecule has 98 valence electrons. The van der Waals surface area contributed by atoms with Crippen LogP contribution in [0.5, 0.6) is 0 Å². The molecular weight excluding hydrogens is 210 g/mol. The van der Waals surface area contributed by atoms with Crippen LogP contribution in [0.2, 0.25) is 0 Å².